The molecule has 9 nitrogen and oxygen atoms in total. The van der Waals surface area contributed by atoms with Crippen LogP contribution in [0.25, 0.3) is 29.9 Å². The highest BCUT2D eigenvalue weighted by molar-refractivity contribution is 6.24. The van der Waals surface area contributed by atoms with Gasteiger partial charge in [0.2, 0.25) is 0 Å². The quantitative estimate of drug-likeness (QED) is 0.0497. The fourth-order valence-corrected chi connectivity index (χ4v) is 9.34. The number of aromatic nitrogens is 3. The average molecular weight is 789 g/mol. The number of rotatable bonds is 16. The van der Waals surface area contributed by atoms with Crippen molar-refractivity contribution < 1.29 is 23.9 Å². The van der Waals surface area contributed by atoms with E-state index in [-0.39, 0.29) is 36.6 Å². The summed E-state index contributed by atoms with van der Waals surface area (Å²) in [6.07, 6.45) is 20.2. The molecule has 1 aliphatic carbocycles. The van der Waals surface area contributed by atoms with Crippen LogP contribution in [0.5, 0.6) is 0 Å². The summed E-state index contributed by atoms with van der Waals surface area (Å²) >= 11 is 0. The van der Waals surface area contributed by atoms with Crippen LogP contribution < -0.4 is 16.0 Å². The number of aromatic amines is 3. The number of allylic oxidation sites excluding steroid dienone is 3. The first-order valence-corrected chi connectivity index (χ1v) is 21.5. The maximum Gasteiger partial charge on any atom is 0.321 e. The van der Waals surface area contributed by atoms with Crippen molar-refractivity contribution in [2.75, 3.05) is 13.7 Å². The topological polar surface area (TPSA) is 129 Å². The van der Waals surface area contributed by atoms with E-state index in [9.17, 15) is 14.4 Å². The number of Topliss-reactive ketones (excluding diaryl/α,β-unsaturated/α-hetero) is 1. The van der Waals surface area contributed by atoms with Crippen LogP contribution in [-0.4, -0.2) is 46.4 Å². The molecule has 4 N–H and O–H groups in total. The highest BCUT2D eigenvalue weighted by Crippen LogP contribution is 2.48. The molecule has 5 heterocycles. The van der Waals surface area contributed by atoms with Crippen LogP contribution in [0.4, 0.5) is 0 Å². The van der Waals surface area contributed by atoms with Crippen molar-refractivity contribution in [3.63, 3.8) is 0 Å². The van der Waals surface area contributed by atoms with Crippen molar-refractivity contribution in [2.45, 2.75) is 120 Å². The smallest absolute Gasteiger partial charge is 0.321 e. The highest BCUT2D eigenvalue weighted by atomic mass is 16.5. The van der Waals surface area contributed by atoms with E-state index in [0.717, 1.165) is 86.6 Å². The molecular weight excluding hydrogens is 725 g/mol. The molecule has 1 fully saturated rings. The Bertz CT molecular complexity index is 2310. The number of unbranched alkanes of at least 4 members (excludes halogenated alkanes) is 2. The van der Waals surface area contributed by atoms with E-state index in [1.165, 1.54) is 50.4 Å². The van der Waals surface area contributed by atoms with Gasteiger partial charge in [0.1, 0.15) is 12.5 Å². The van der Waals surface area contributed by atoms with E-state index in [4.69, 9.17) is 9.47 Å². The lowest BCUT2D eigenvalue weighted by Crippen LogP contribution is -2.25. The van der Waals surface area contributed by atoms with Gasteiger partial charge in [0.05, 0.1) is 12.8 Å². The summed E-state index contributed by atoms with van der Waals surface area (Å²) in [5.74, 6) is -1.87. The molecule has 0 spiro atoms. The third-order valence-corrected chi connectivity index (χ3v) is 13.0. The summed E-state index contributed by atoms with van der Waals surface area (Å²) in [5, 5.41) is 5.65. The van der Waals surface area contributed by atoms with Gasteiger partial charge in [-0.3, -0.25) is 14.4 Å². The molecule has 0 aromatic carbocycles. The van der Waals surface area contributed by atoms with E-state index >= 15 is 0 Å². The molecule has 3 aromatic heterocycles. The SMILES string of the molecule is C=Cc1c2[nH]c(c1C)/C=C1\N/C(=C3\c4[nH]c(c(C)c4C(=O)[C@@H]3C(=O)OC)/C=c3\[nH]/c(c(C)c3CC)=C\2)[C@@H](CCC(=O)OC/C=C(/C)CCC[C@H](C)CCCCC)[C@@H]1C. The summed E-state index contributed by atoms with van der Waals surface area (Å²) < 4.78 is 11.0. The number of methoxy groups -OCH3 is 1. The zero-order valence-electron chi connectivity index (χ0n) is 36.2. The normalized spacial score (nSPS) is 22.4. The molecule has 2 aliphatic heterocycles. The first-order chi connectivity index (χ1) is 27.8. The zero-order chi connectivity index (χ0) is 41.8. The number of nitrogens with one attached hydrogen (secondary N) is 4. The highest BCUT2D eigenvalue weighted by Gasteiger charge is 2.48. The Morgan fingerprint density at radius 3 is 2.34 bits per heavy atom. The Morgan fingerprint density at radius 2 is 1.64 bits per heavy atom. The Kier molecular flexibility index (Phi) is 13.4. The van der Waals surface area contributed by atoms with Crippen molar-refractivity contribution in [3.8, 4) is 0 Å². The lowest BCUT2D eigenvalue weighted by atomic mass is 9.85. The molecule has 3 aromatic rings. The van der Waals surface area contributed by atoms with Gasteiger partial charge in [-0.2, -0.15) is 0 Å². The predicted octanol–water partition coefficient (Wildman–Crippen LogP) is 9.02. The van der Waals surface area contributed by atoms with E-state index in [2.05, 4.69) is 93.5 Å². The van der Waals surface area contributed by atoms with Gasteiger partial charge in [0, 0.05) is 74.1 Å². The van der Waals surface area contributed by atoms with E-state index in [0.29, 0.717) is 23.3 Å². The molecule has 8 bridgehead atoms. The van der Waals surface area contributed by atoms with Crippen LogP contribution in [0.15, 0.2) is 29.6 Å². The molecule has 3 aliphatic rings. The standard InChI is InChI=1S/C49H64N4O5/c1-11-14-15-17-27(4)18-16-19-28(5)22-23-58-42(54)21-20-35-31(8)38-24-36-29(6)33(12-2)40(50-36)25-37-30(7)34(13-3)41(51-37)26-39-32(9)43-47(53-39)44(46(35)52-38)45(48(43)55)49(56)57-10/h12,22,24-27,31,35,45,50-53H,2,11,13-21,23H2,1,3-10H3/b28-22-,37-25-,38-24-,41-26-,46-44-/t27-,31+,35+,45-/m1/s1. The second-order valence-electron chi connectivity index (χ2n) is 16.8. The lowest BCUT2D eigenvalue weighted by Gasteiger charge is -2.19. The van der Waals surface area contributed by atoms with E-state index in [1.54, 1.807) is 0 Å². The summed E-state index contributed by atoms with van der Waals surface area (Å²) in [6, 6.07) is 0. The number of fused-ring (bicyclic) bond motifs is 7. The third kappa shape index (κ3) is 8.41. The van der Waals surface area contributed by atoms with Gasteiger partial charge < -0.3 is 29.7 Å². The van der Waals surface area contributed by atoms with Crippen LogP contribution in [-0.2, 0) is 25.5 Å². The monoisotopic (exact) mass is 788 g/mol. The summed E-state index contributed by atoms with van der Waals surface area (Å²) in [6.45, 7) is 21.5. The summed E-state index contributed by atoms with van der Waals surface area (Å²) in [4.78, 5) is 52.1. The van der Waals surface area contributed by atoms with Gasteiger partial charge in [0.15, 0.2) is 5.78 Å². The zero-order valence-corrected chi connectivity index (χ0v) is 36.2. The van der Waals surface area contributed by atoms with Crippen molar-refractivity contribution in [1.82, 2.24) is 20.3 Å². The van der Waals surface area contributed by atoms with Crippen LogP contribution in [0.3, 0.4) is 0 Å². The number of esters is 2. The number of carbonyl (C=O) groups is 3. The first kappa shape index (κ1) is 42.6. The number of ether oxygens (including phenoxy) is 2. The van der Waals surface area contributed by atoms with Crippen LogP contribution in [0.1, 0.15) is 153 Å². The van der Waals surface area contributed by atoms with Crippen LogP contribution >= 0.6 is 0 Å². The number of hydrogen-bond acceptors (Lipinski definition) is 6. The second-order valence-corrected chi connectivity index (χ2v) is 16.8. The number of carbonyl (C=O) groups excluding carboxylic acids is 3. The van der Waals surface area contributed by atoms with Crippen LogP contribution in [0.2, 0.25) is 0 Å². The fraction of sp³-hybridized carbons (Fsp3) is 0.490. The van der Waals surface area contributed by atoms with Crippen molar-refractivity contribution in [2.24, 2.45) is 23.7 Å². The Balaban J connectivity index is 1.36. The molecule has 6 rings (SSSR count). The number of hydrogen-bond donors (Lipinski definition) is 4. The van der Waals surface area contributed by atoms with Gasteiger partial charge in [-0.05, 0) is 106 Å². The number of H-pyrrole nitrogens is 3. The van der Waals surface area contributed by atoms with Crippen molar-refractivity contribution in [3.05, 3.63) is 96.5 Å². The second kappa shape index (κ2) is 18.3. The molecule has 0 radical (unpaired) electrons. The van der Waals surface area contributed by atoms with Gasteiger partial charge in [0.25, 0.3) is 0 Å². The van der Waals surface area contributed by atoms with Gasteiger partial charge in [-0.1, -0.05) is 78.0 Å². The Labute approximate surface area is 344 Å². The molecule has 310 valence electrons. The van der Waals surface area contributed by atoms with Crippen LogP contribution in [0, 0.1) is 44.4 Å². The minimum atomic E-state index is -1.14. The van der Waals surface area contributed by atoms with Crippen molar-refractivity contribution in [1.29, 1.82) is 0 Å². The van der Waals surface area contributed by atoms with Gasteiger partial charge >= 0.3 is 11.9 Å². The molecule has 4 atom stereocenters. The first-order valence-electron chi connectivity index (χ1n) is 21.5. The molecule has 0 amide bonds. The Morgan fingerprint density at radius 1 is 0.914 bits per heavy atom. The fourth-order valence-electron chi connectivity index (χ4n) is 9.34. The number of ketones is 1. The van der Waals surface area contributed by atoms with E-state index in [1.807, 2.05) is 19.1 Å². The minimum Gasteiger partial charge on any atom is -0.468 e. The van der Waals surface area contributed by atoms with Gasteiger partial charge in [-0.15, -0.1) is 0 Å². The summed E-state index contributed by atoms with van der Waals surface area (Å²) in [7, 11) is 1.32. The van der Waals surface area contributed by atoms with Crippen molar-refractivity contribution >= 4 is 47.6 Å². The summed E-state index contributed by atoms with van der Waals surface area (Å²) in [5.41, 5.74) is 12.5. The average Bonchev–Trinajstić information content (AvgIpc) is 3.94. The molecule has 58 heavy (non-hydrogen) atoms. The molecule has 0 saturated carbocycles. The maximum atomic E-state index is 14.4. The minimum absolute atomic E-state index is 0.0840. The van der Waals surface area contributed by atoms with Gasteiger partial charge in [-0.25, -0.2) is 0 Å². The van der Waals surface area contributed by atoms with E-state index < -0.39 is 11.9 Å². The molecule has 9 heteroatoms. The Hall–Kier alpha value is -5.05. The lowest BCUT2D eigenvalue weighted by molar-refractivity contribution is -0.143. The predicted molar refractivity (Wildman–Crippen MR) is 234 cm³/mol. The molecular formula is C49H64N4O5. The molecule has 0 unspecified atom stereocenters. The molecule has 1 saturated heterocycles. The third-order valence-electron chi connectivity index (χ3n) is 13.0. The largest absolute Gasteiger partial charge is 0.468 e. The maximum absolute atomic E-state index is 14.4.